The summed E-state index contributed by atoms with van der Waals surface area (Å²) in [5.41, 5.74) is 0.461. The smallest absolute Gasteiger partial charge is 0.339 e. The standard InChI is InChI=1S/C18H26O5/c1-3-5-11-21-13-14-23-18(20)16-10-8-7-9-15(16)17(19)22-12-6-4-2/h7-10H,3-6,11-14H2,1-2H3. The molecule has 128 valence electrons. The van der Waals surface area contributed by atoms with Gasteiger partial charge in [-0.15, -0.1) is 0 Å². The highest BCUT2D eigenvalue weighted by atomic mass is 16.6. The third-order valence-electron chi connectivity index (χ3n) is 3.20. The minimum Gasteiger partial charge on any atom is -0.462 e. The molecule has 0 heterocycles. The van der Waals surface area contributed by atoms with Crippen LogP contribution in [0.2, 0.25) is 0 Å². The van der Waals surface area contributed by atoms with E-state index < -0.39 is 11.9 Å². The van der Waals surface area contributed by atoms with Gasteiger partial charge in [0.1, 0.15) is 6.61 Å². The monoisotopic (exact) mass is 322 g/mol. The number of rotatable bonds is 11. The van der Waals surface area contributed by atoms with Gasteiger partial charge in [-0.25, -0.2) is 9.59 Å². The van der Waals surface area contributed by atoms with Crippen LogP contribution in [0, 0.1) is 0 Å². The highest BCUT2D eigenvalue weighted by Crippen LogP contribution is 2.12. The molecular weight excluding hydrogens is 296 g/mol. The van der Waals surface area contributed by atoms with Crippen LogP contribution in [0.4, 0.5) is 0 Å². The molecule has 5 heteroatoms. The van der Waals surface area contributed by atoms with Crippen molar-refractivity contribution in [2.75, 3.05) is 26.4 Å². The molecule has 0 unspecified atom stereocenters. The second-order valence-corrected chi connectivity index (χ2v) is 5.14. The molecule has 0 bridgehead atoms. The van der Waals surface area contributed by atoms with Crippen LogP contribution in [0.5, 0.6) is 0 Å². The lowest BCUT2D eigenvalue weighted by atomic mass is 10.1. The van der Waals surface area contributed by atoms with Crippen molar-refractivity contribution in [1.29, 1.82) is 0 Å². The first-order valence-corrected chi connectivity index (χ1v) is 8.21. The molecule has 0 aliphatic heterocycles. The summed E-state index contributed by atoms with van der Waals surface area (Å²) in [5.74, 6) is -1.03. The lowest BCUT2D eigenvalue weighted by molar-refractivity contribution is 0.0305. The summed E-state index contributed by atoms with van der Waals surface area (Å²) in [5, 5.41) is 0. The largest absolute Gasteiger partial charge is 0.462 e. The van der Waals surface area contributed by atoms with Gasteiger partial charge in [-0.1, -0.05) is 38.8 Å². The van der Waals surface area contributed by atoms with Crippen LogP contribution in [-0.2, 0) is 14.2 Å². The molecule has 0 fully saturated rings. The predicted molar refractivity (Wildman–Crippen MR) is 87.6 cm³/mol. The molecule has 1 rings (SSSR count). The van der Waals surface area contributed by atoms with Gasteiger partial charge in [0, 0.05) is 6.61 Å². The molecule has 0 aromatic heterocycles. The van der Waals surface area contributed by atoms with Gasteiger partial charge in [-0.3, -0.25) is 0 Å². The van der Waals surface area contributed by atoms with Gasteiger partial charge in [-0.2, -0.15) is 0 Å². The van der Waals surface area contributed by atoms with Crippen LogP contribution < -0.4 is 0 Å². The van der Waals surface area contributed by atoms with Gasteiger partial charge in [0.05, 0.1) is 24.3 Å². The van der Waals surface area contributed by atoms with Crippen LogP contribution in [0.15, 0.2) is 24.3 Å². The first kappa shape index (κ1) is 19.2. The van der Waals surface area contributed by atoms with E-state index >= 15 is 0 Å². The van der Waals surface area contributed by atoms with Gasteiger partial charge < -0.3 is 14.2 Å². The molecule has 0 spiro atoms. The van der Waals surface area contributed by atoms with E-state index in [1.165, 1.54) is 0 Å². The van der Waals surface area contributed by atoms with Crippen molar-refractivity contribution in [3.8, 4) is 0 Å². The van der Waals surface area contributed by atoms with Crippen LogP contribution >= 0.6 is 0 Å². The average Bonchev–Trinajstić information content (AvgIpc) is 2.58. The molecule has 0 atom stereocenters. The Balaban J connectivity index is 2.51. The molecule has 0 aliphatic carbocycles. The number of unbranched alkanes of at least 4 members (excludes halogenated alkanes) is 2. The molecule has 0 radical (unpaired) electrons. The van der Waals surface area contributed by atoms with E-state index in [2.05, 4.69) is 6.92 Å². The van der Waals surface area contributed by atoms with Crippen molar-refractivity contribution in [2.24, 2.45) is 0 Å². The first-order chi connectivity index (χ1) is 11.2. The summed E-state index contributed by atoms with van der Waals surface area (Å²) in [6, 6.07) is 6.53. The Morgan fingerprint density at radius 3 is 1.87 bits per heavy atom. The molecular formula is C18H26O5. The molecule has 0 saturated carbocycles. The van der Waals surface area contributed by atoms with Crippen molar-refractivity contribution in [3.05, 3.63) is 35.4 Å². The van der Waals surface area contributed by atoms with Gasteiger partial charge in [0.15, 0.2) is 0 Å². The summed E-state index contributed by atoms with van der Waals surface area (Å²) in [6.07, 6.45) is 3.79. The second kappa shape index (κ2) is 11.7. The van der Waals surface area contributed by atoms with Gasteiger partial charge in [-0.05, 0) is 25.0 Å². The SMILES string of the molecule is CCCCOCCOC(=O)c1ccccc1C(=O)OCCCC. The molecule has 1 aromatic rings. The van der Waals surface area contributed by atoms with Crippen LogP contribution in [0.1, 0.15) is 60.2 Å². The Morgan fingerprint density at radius 1 is 0.783 bits per heavy atom. The maximum atomic E-state index is 12.1. The summed E-state index contributed by atoms with van der Waals surface area (Å²) in [7, 11) is 0. The van der Waals surface area contributed by atoms with E-state index in [0.717, 1.165) is 25.7 Å². The zero-order valence-corrected chi connectivity index (χ0v) is 14.0. The number of hydrogen-bond acceptors (Lipinski definition) is 5. The summed E-state index contributed by atoms with van der Waals surface area (Å²) in [4.78, 5) is 24.1. The van der Waals surface area contributed by atoms with Crippen molar-refractivity contribution < 1.29 is 23.8 Å². The fraction of sp³-hybridized carbons (Fsp3) is 0.556. The fourth-order valence-corrected chi connectivity index (χ4v) is 1.85. The molecule has 1 aromatic carbocycles. The Morgan fingerprint density at radius 2 is 1.30 bits per heavy atom. The summed E-state index contributed by atoms with van der Waals surface area (Å²) < 4.78 is 15.6. The molecule has 0 saturated heterocycles. The van der Waals surface area contributed by atoms with E-state index in [9.17, 15) is 9.59 Å². The van der Waals surface area contributed by atoms with Gasteiger partial charge >= 0.3 is 11.9 Å². The van der Waals surface area contributed by atoms with E-state index in [1.807, 2.05) is 6.92 Å². The lowest BCUT2D eigenvalue weighted by Gasteiger charge is -2.10. The van der Waals surface area contributed by atoms with Gasteiger partial charge in [0.2, 0.25) is 0 Å². The number of ether oxygens (including phenoxy) is 3. The van der Waals surface area contributed by atoms with Crippen molar-refractivity contribution >= 4 is 11.9 Å². The van der Waals surface area contributed by atoms with E-state index in [0.29, 0.717) is 19.8 Å². The average molecular weight is 322 g/mol. The maximum absolute atomic E-state index is 12.1. The third kappa shape index (κ3) is 7.28. The Hall–Kier alpha value is -1.88. The van der Waals surface area contributed by atoms with Crippen molar-refractivity contribution in [2.45, 2.75) is 39.5 Å². The summed E-state index contributed by atoms with van der Waals surface area (Å²) >= 11 is 0. The zero-order chi connectivity index (χ0) is 16.9. The first-order valence-electron chi connectivity index (χ1n) is 8.21. The third-order valence-corrected chi connectivity index (χ3v) is 3.20. The summed E-state index contributed by atoms with van der Waals surface area (Å²) in [6.45, 7) is 5.64. The van der Waals surface area contributed by atoms with Gasteiger partial charge in [0.25, 0.3) is 0 Å². The van der Waals surface area contributed by atoms with Crippen molar-refractivity contribution in [1.82, 2.24) is 0 Å². The highest BCUT2D eigenvalue weighted by molar-refractivity contribution is 6.03. The minimum absolute atomic E-state index is 0.168. The number of carbonyl (C=O) groups excluding carboxylic acids is 2. The zero-order valence-electron chi connectivity index (χ0n) is 14.0. The lowest BCUT2D eigenvalue weighted by Crippen LogP contribution is -2.16. The Bertz CT molecular complexity index is 484. The number of hydrogen-bond donors (Lipinski definition) is 0. The fourth-order valence-electron chi connectivity index (χ4n) is 1.85. The highest BCUT2D eigenvalue weighted by Gasteiger charge is 2.18. The van der Waals surface area contributed by atoms with Crippen LogP contribution in [0.25, 0.3) is 0 Å². The van der Waals surface area contributed by atoms with E-state index in [4.69, 9.17) is 14.2 Å². The molecule has 0 N–H and O–H groups in total. The quantitative estimate of drug-likeness (QED) is 0.460. The number of esters is 2. The van der Waals surface area contributed by atoms with Crippen LogP contribution in [0.3, 0.4) is 0 Å². The minimum atomic E-state index is -0.535. The Kier molecular flexibility index (Phi) is 9.71. The second-order valence-electron chi connectivity index (χ2n) is 5.14. The van der Waals surface area contributed by atoms with Crippen LogP contribution in [-0.4, -0.2) is 38.4 Å². The Labute approximate surface area is 137 Å². The van der Waals surface area contributed by atoms with E-state index in [-0.39, 0.29) is 17.7 Å². The predicted octanol–water partition coefficient (Wildman–Crippen LogP) is 3.62. The van der Waals surface area contributed by atoms with E-state index in [1.54, 1.807) is 24.3 Å². The topological polar surface area (TPSA) is 61.8 Å². The number of carbonyl (C=O) groups is 2. The van der Waals surface area contributed by atoms with Crippen molar-refractivity contribution in [3.63, 3.8) is 0 Å². The normalized spacial score (nSPS) is 10.3. The molecule has 23 heavy (non-hydrogen) atoms. The maximum Gasteiger partial charge on any atom is 0.339 e. The molecule has 0 amide bonds. The molecule has 0 aliphatic rings. The number of benzene rings is 1. The molecule has 5 nitrogen and oxygen atoms in total.